The Hall–Kier alpha value is -1.40. The van der Waals surface area contributed by atoms with Gasteiger partial charge < -0.3 is 10.2 Å². The van der Waals surface area contributed by atoms with Crippen LogP contribution in [0.1, 0.15) is 12.8 Å². The van der Waals surface area contributed by atoms with Crippen LogP contribution in [0, 0.1) is 0 Å². The fraction of sp³-hybridized carbons (Fsp3) is 0.500. The summed E-state index contributed by atoms with van der Waals surface area (Å²) in [5.74, 6) is -2.51. The van der Waals surface area contributed by atoms with Gasteiger partial charge in [0.15, 0.2) is 0 Å². The third kappa shape index (κ3) is 10.6. The summed E-state index contributed by atoms with van der Waals surface area (Å²) in [7, 11) is 0. The fourth-order valence-electron chi connectivity index (χ4n) is 0.746. The van der Waals surface area contributed by atoms with E-state index in [-0.39, 0.29) is 0 Å². The van der Waals surface area contributed by atoms with Crippen molar-refractivity contribution in [3.05, 3.63) is 12.2 Å². The summed E-state index contributed by atoms with van der Waals surface area (Å²) in [5.41, 5.74) is 6.07. The van der Waals surface area contributed by atoms with Gasteiger partial charge in [-0.15, -0.1) is 0 Å². The molecule has 1 aliphatic heterocycles. The number of aliphatic carboxylic acids is 2. The number of carbonyl (C=O) groups is 2. The second-order valence-electron chi connectivity index (χ2n) is 2.57. The number of hydrogen-bond donors (Lipinski definition) is 4. The molecule has 0 atom stereocenters. The summed E-state index contributed by atoms with van der Waals surface area (Å²) < 4.78 is 0. The van der Waals surface area contributed by atoms with Crippen LogP contribution in [0.25, 0.3) is 0 Å². The minimum atomic E-state index is -1.26. The first-order chi connectivity index (χ1) is 6.63. The van der Waals surface area contributed by atoms with Crippen LogP contribution in [0.15, 0.2) is 12.2 Å². The van der Waals surface area contributed by atoms with Crippen LogP contribution in [-0.2, 0) is 9.59 Å². The second kappa shape index (κ2) is 8.21. The van der Waals surface area contributed by atoms with Gasteiger partial charge >= 0.3 is 11.9 Å². The van der Waals surface area contributed by atoms with E-state index in [0.717, 1.165) is 13.1 Å². The lowest BCUT2D eigenvalue weighted by Gasteiger charge is -2.10. The van der Waals surface area contributed by atoms with Crippen LogP contribution >= 0.6 is 0 Å². The standard InChI is InChI=1S/C4H10N2.C4H4O4/c1-2-4-6-5-3-1;5-3(6)1-2-4(7)8/h5-6H,1-4H2;1-2H,(H,5,6)(H,7,8)/b;2-1+. The molecule has 0 unspecified atom stereocenters. The quantitative estimate of drug-likeness (QED) is 0.454. The highest BCUT2D eigenvalue weighted by Crippen LogP contribution is 1.85. The fourth-order valence-corrected chi connectivity index (χ4v) is 0.746. The van der Waals surface area contributed by atoms with E-state index in [1.54, 1.807) is 0 Å². The maximum Gasteiger partial charge on any atom is 0.328 e. The number of hydrazine groups is 1. The summed E-state index contributed by atoms with van der Waals surface area (Å²) >= 11 is 0. The van der Waals surface area contributed by atoms with Crippen LogP contribution in [0.2, 0.25) is 0 Å². The van der Waals surface area contributed by atoms with E-state index in [1.165, 1.54) is 12.8 Å². The first-order valence-electron chi connectivity index (χ1n) is 4.22. The van der Waals surface area contributed by atoms with Crippen LogP contribution in [0.5, 0.6) is 0 Å². The summed E-state index contributed by atoms with van der Waals surface area (Å²) in [6.07, 6.45) is 3.77. The molecule has 1 fully saturated rings. The molecule has 14 heavy (non-hydrogen) atoms. The van der Waals surface area contributed by atoms with E-state index >= 15 is 0 Å². The van der Waals surface area contributed by atoms with Crippen molar-refractivity contribution < 1.29 is 19.8 Å². The van der Waals surface area contributed by atoms with Gasteiger partial charge in [0.05, 0.1) is 0 Å². The first kappa shape index (κ1) is 12.6. The zero-order valence-corrected chi connectivity index (χ0v) is 7.69. The van der Waals surface area contributed by atoms with E-state index in [1.807, 2.05) is 0 Å². The highest BCUT2D eigenvalue weighted by molar-refractivity contribution is 5.89. The lowest BCUT2D eigenvalue weighted by Crippen LogP contribution is -2.37. The Kier molecular flexibility index (Phi) is 7.39. The number of hydrogen-bond acceptors (Lipinski definition) is 4. The number of rotatable bonds is 2. The number of carboxylic acid groups (broad SMARTS) is 2. The van der Waals surface area contributed by atoms with Gasteiger partial charge in [0, 0.05) is 25.2 Å². The average Bonchev–Trinajstić information content (AvgIpc) is 2.18. The number of nitrogens with one attached hydrogen (secondary N) is 2. The predicted molar refractivity (Wildman–Crippen MR) is 49.7 cm³/mol. The van der Waals surface area contributed by atoms with Crippen molar-refractivity contribution in [3.63, 3.8) is 0 Å². The Labute approximate surface area is 81.6 Å². The first-order valence-corrected chi connectivity index (χ1v) is 4.22. The molecule has 0 spiro atoms. The van der Waals surface area contributed by atoms with Crippen molar-refractivity contribution in [3.8, 4) is 0 Å². The van der Waals surface area contributed by atoms with Crippen molar-refractivity contribution >= 4 is 11.9 Å². The summed E-state index contributed by atoms with van der Waals surface area (Å²) in [6.45, 7) is 2.28. The molecule has 1 aliphatic rings. The van der Waals surface area contributed by atoms with Crippen molar-refractivity contribution in [2.45, 2.75) is 12.8 Å². The molecule has 6 heteroatoms. The molecule has 6 nitrogen and oxygen atoms in total. The molecular formula is C8H14N2O4. The molecule has 0 radical (unpaired) electrons. The minimum absolute atomic E-state index is 0.558. The van der Waals surface area contributed by atoms with Crippen molar-refractivity contribution in [2.75, 3.05) is 13.1 Å². The molecule has 0 aromatic heterocycles. The van der Waals surface area contributed by atoms with Gasteiger partial charge in [0.2, 0.25) is 0 Å². The monoisotopic (exact) mass is 202 g/mol. The van der Waals surface area contributed by atoms with E-state index < -0.39 is 11.9 Å². The largest absolute Gasteiger partial charge is 0.478 e. The molecule has 0 amide bonds. The molecule has 1 saturated heterocycles. The molecule has 80 valence electrons. The van der Waals surface area contributed by atoms with E-state index in [4.69, 9.17) is 10.2 Å². The smallest absolute Gasteiger partial charge is 0.328 e. The zero-order valence-electron chi connectivity index (χ0n) is 7.69. The molecule has 0 saturated carbocycles. The third-order valence-corrected chi connectivity index (χ3v) is 1.35. The van der Waals surface area contributed by atoms with Gasteiger partial charge in [-0.1, -0.05) is 0 Å². The van der Waals surface area contributed by atoms with E-state index in [9.17, 15) is 9.59 Å². The normalized spacial score (nSPS) is 15.7. The molecule has 0 aromatic carbocycles. The molecule has 0 aliphatic carbocycles. The Morgan fingerprint density at radius 3 is 1.43 bits per heavy atom. The minimum Gasteiger partial charge on any atom is -0.478 e. The molecular weight excluding hydrogens is 188 g/mol. The Balaban J connectivity index is 0.000000249. The van der Waals surface area contributed by atoms with Crippen molar-refractivity contribution in [1.29, 1.82) is 0 Å². The highest BCUT2D eigenvalue weighted by Gasteiger charge is 1.92. The lowest BCUT2D eigenvalue weighted by molar-refractivity contribution is -0.134. The van der Waals surface area contributed by atoms with Gasteiger partial charge in [-0.3, -0.25) is 10.9 Å². The molecule has 1 rings (SSSR count). The lowest BCUT2D eigenvalue weighted by atomic mass is 10.3. The SMILES string of the molecule is C1CCNNC1.O=C(O)/C=C/C(=O)O. The average molecular weight is 202 g/mol. The Morgan fingerprint density at radius 1 is 0.929 bits per heavy atom. The molecule has 4 N–H and O–H groups in total. The molecule has 1 heterocycles. The van der Waals surface area contributed by atoms with Gasteiger partial charge in [-0.05, 0) is 12.8 Å². The van der Waals surface area contributed by atoms with Gasteiger partial charge in [0.25, 0.3) is 0 Å². The molecule has 0 bridgehead atoms. The van der Waals surface area contributed by atoms with Crippen LogP contribution in [0.4, 0.5) is 0 Å². The highest BCUT2D eigenvalue weighted by atomic mass is 16.4. The van der Waals surface area contributed by atoms with Gasteiger partial charge in [-0.2, -0.15) is 0 Å². The summed E-state index contributed by atoms with van der Waals surface area (Å²) in [6, 6.07) is 0. The summed E-state index contributed by atoms with van der Waals surface area (Å²) in [4.78, 5) is 19.1. The van der Waals surface area contributed by atoms with Crippen molar-refractivity contribution in [1.82, 2.24) is 10.9 Å². The topological polar surface area (TPSA) is 98.7 Å². The Bertz CT molecular complexity index is 184. The predicted octanol–water partition coefficient (Wildman–Crippen LogP) is -0.414. The van der Waals surface area contributed by atoms with Crippen molar-refractivity contribution in [2.24, 2.45) is 0 Å². The zero-order chi connectivity index (χ0) is 10.8. The van der Waals surface area contributed by atoms with E-state index in [2.05, 4.69) is 10.9 Å². The van der Waals surface area contributed by atoms with Gasteiger partial charge in [0.1, 0.15) is 0 Å². The van der Waals surface area contributed by atoms with Gasteiger partial charge in [-0.25, -0.2) is 9.59 Å². The van der Waals surface area contributed by atoms with E-state index in [0.29, 0.717) is 12.2 Å². The summed E-state index contributed by atoms with van der Waals surface area (Å²) in [5, 5.41) is 15.6. The maximum atomic E-state index is 9.55. The van der Waals surface area contributed by atoms with Crippen LogP contribution < -0.4 is 10.9 Å². The van der Waals surface area contributed by atoms with Crippen LogP contribution in [-0.4, -0.2) is 35.2 Å². The number of carboxylic acids is 2. The van der Waals surface area contributed by atoms with Crippen LogP contribution in [0.3, 0.4) is 0 Å². The molecule has 0 aromatic rings. The maximum absolute atomic E-state index is 9.55. The Morgan fingerprint density at radius 2 is 1.29 bits per heavy atom. The second-order valence-corrected chi connectivity index (χ2v) is 2.57. The third-order valence-electron chi connectivity index (χ3n) is 1.35.